The zero-order valence-corrected chi connectivity index (χ0v) is 52.2. The summed E-state index contributed by atoms with van der Waals surface area (Å²) in [6.07, 6.45) is -2.71. The van der Waals surface area contributed by atoms with Crippen molar-refractivity contribution in [1.82, 2.24) is 21.1 Å². The summed E-state index contributed by atoms with van der Waals surface area (Å²) in [5.74, 6) is -1.67. The number of amides is 4. The molecule has 18 heteroatoms. The molecule has 4 amide bonds. The molecule has 88 heavy (non-hydrogen) atoms. The zero-order valence-electron chi connectivity index (χ0n) is 51.2. The van der Waals surface area contributed by atoms with Gasteiger partial charge in [-0.15, -0.1) is 0 Å². The van der Waals surface area contributed by atoms with Crippen molar-refractivity contribution < 1.29 is 61.9 Å². The molecule has 0 saturated heterocycles. The molecule has 0 aliphatic heterocycles. The highest BCUT2D eigenvalue weighted by atomic mass is 28.3. The third-order valence-electron chi connectivity index (χ3n) is 13.7. The number of nitrogens with zero attached hydrogens (tertiary/aromatic N) is 1. The van der Waals surface area contributed by atoms with Crippen molar-refractivity contribution in [2.45, 2.75) is 136 Å². The van der Waals surface area contributed by atoms with Crippen LogP contribution in [0.3, 0.4) is 0 Å². The first kappa shape index (κ1) is 66.1. The van der Waals surface area contributed by atoms with Crippen LogP contribution in [0.15, 0.2) is 188 Å². The summed E-state index contributed by atoms with van der Waals surface area (Å²) in [5.41, 5.74) is 7.61. The van der Waals surface area contributed by atoms with Crippen LogP contribution >= 0.6 is 0 Å². The van der Waals surface area contributed by atoms with Crippen LogP contribution in [-0.2, 0) is 83.9 Å². The molecule has 0 heterocycles. The molecule has 0 spiro atoms. The summed E-state index contributed by atoms with van der Waals surface area (Å²) in [7, 11) is -1.64. The van der Waals surface area contributed by atoms with E-state index in [9.17, 15) is 19.2 Å². The lowest BCUT2D eigenvalue weighted by atomic mass is 9.95. The molecule has 462 valence electrons. The highest BCUT2D eigenvalue weighted by molar-refractivity contribution is 6.76. The third-order valence-corrected chi connectivity index (χ3v) is 15.4. The number of carbonyl (C=O) groups excluding carboxylic acids is 6. The van der Waals surface area contributed by atoms with Gasteiger partial charge in [0.2, 0.25) is 0 Å². The number of carbonyl (C=O) groups is 6. The van der Waals surface area contributed by atoms with Crippen molar-refractivity contribution in [3.05, 3.63) is 227 Å². The van der Waals surface area contributed by atoms with Crippen LogP contribution in [0.5, 0.6) is 11.5 Å². The maximum atomic E-state index is 15.3. The van der Waals surface area contributed by atoms with Gasteiger partial charge < -0.3 is 43.8 Å². The standard InChI is InChI=1S/C70H80N4O13Si/c1-8-24-59(71-68(79)87-70(2,3)4)64(75)74(73-69(80)86-49-54-33-22-13-23-34-54)61(66(77)84-47-52-29-18-11-19-30-52)44-58-42-56(36-38-63(58)83-46-51-27-16-10-17-28-51)55-35-37-62(82-45-50-25-14-9-15-26-50)57(41-55)43-60(65(76)81-39-40-88(5,6)7)72-67(78)85-48-53-31-20-12-21-32-53/h9-23,25-38,41-42,59-61H,8,24,39-40,43-49H2,1-7H3,(H,71,79)(H,72,78)(H,73,80)/t59-,60-,61-/m0/s1. The third kappa shape index (κ3) is 22.1. The van der Waals surface area contributed by atoms with E-state index >= 15 is 9.59 Å². The summed E-state index contributed by atoms with van der Waals surface area (Å²) in [6, 6.07) is 53.6. The summed E-state index contributed by atoms with van der Waals surface area (Å²) in [6.45, 7) is 13.5. The summed E-state index contributed by atoms with van der Waals surface area (Å²) in [5, 5.41) is 6.33. The highest BCUT2D eigenvalue weighted by Crippen LogP contribution is 2.34. The van der Waals surface area contributed by atoms with E-state index in [1.807, 2.05) is 134 Å². The van der Waals surface area contributed by atoms with Gasteiger partial charge in [-0.05, 0) is 108 Å². The predicted octanol–water partition coefficient (Wildman–Crippen LogP) is 13.2. The maximum absolute atomic E-state index is 15.3. The molecule has 0 aliphatic rings. The Hall–Kier alpha value is -9.42. The van der Waals surface area contributed by atoms with Crippen molar-refractivity contribution in [3.63, 3.8) is 0 Å². The van der Waals surface area contributed by atoms with Gasteiger partial charge in [-0.2, -0.15) is 0 Å². The van der Waals surface area contributed by atoms with Gasteiger partial charge in [0.1, 0.15) is 62.2 Å². The quantitative estimate of drug-likeness (QED) is 0.0181. The Morgan fingerprint density at radius 2 is 0.898 bits per heavy atom. The first-order valence-electron chi connectivity index (χ1n) is 29.5. The molecule has 0 aliphatic carbocycles. The number of esters is 2. The van der Waals surface area contributed by atoms with Gasteiger partial charge in [0.05, 0.1) is 6.61 Å². The average molecular weight is 1210 g/mol. The Balaban J connectivity index is 1.33. The summed E-state index contributed by atoms with van der Waals surface area (Å²) < 4.78 is 41.9. The first-order valence-corrected chi connectivity index (χ1v) is 33.2. The number of benzene rings is 7. The highest BCUT2D eigenvalue weighted by Gasteiger charge is 2.39. The number of nitrogens with one attached hydrogen (secondary N) is 3. The Bertz CT molecular complexity index is 3360. The Labute approximate surface area is 517 Å². The largest absolute Gasteiger partial charge is 0.489 e. The van der Waals surface area contributed by atoms with Gasteiger partial charge >= 0.3 is 30.2 Å². The molecule has 0 unspecified atom stereocenters. The van der Waals surface area contributed by atoms with E-state index < -0.39 is 67.9 Å². The van der Waals surface area contributed by atoms with Crippen molar-refractivity contribution >= 4 is 44.2 Å². The van der Waals surface area contributed by atoms with E-state index in [4.69, 9.17) is 33.2 Å². The van der Waals surface area contributed by atoms with Gasteiger partial charge in [-0.3, -0.25) is 4.79 Å². The van der Waals surface area contributed by atoms with Crippen LogP contribution in [-0.4, -0.2) is 79.5 Å². The molecule has 3 N–H and O–H groups in total. The first-order chi connectivity index (χ1) is 42.3. The number of hydrazine groups is 1. The number of hydrogen-bond acceptors (Lipinski definition) is 13. The number of rotatable bonds is 28. The normalized spacial score (nSPS) is 12.2. The summed E-state index contributed by atoms with van der Waals surface area (Å²) >= 11 is 0. The molecule has 0 bridgehead atoms. The average Bonchev–Trinajstić information content (AvgIpc) is 1.29. The van der Waals surface area contributed by atoms with Gasteiger partial charge in [-0.25, -0.2) is 34.4 Å². The lowest BCUT2D eigenvalue weighted by Gasteiger charge is -2.33. The molecule has 0 saturated carbocycles. The molecule has 0 aromatic heterocycles. The maximum Gasteiger partial charge on any atom is 0.426 e. The lowest BCUT2D eigenvalue weighted by Crippen LogP contribution is -2.61. The van der Waals surface area contributed by atoms with Gasteiger partial charge in [-0.1, -0.05) is 197 Å². The fourth-order valence-corrected chi connectivity index (χ4v) is 9.80. The second kappa shape index (κ2) is 32.9. The molecule has 7 aromatic rings. The van der Waals surface area contributed by atoms with E-state index in [0.29, 0.717) is 57.3 Å². The predicted molar refractivity (Wildman–Crippen MR) is 338 cm³/mol. The van der Waals surface area contributed by atoms with Crippen molar-refractivity contribution in [3.8, 4) is 22.6 Å². The molecule has 7 aromatic carbocycles. The number of ether oxygens (including phenoxy) is 7. The van der Waals surface area contributed by atoms with Crippen molar-refractivity contribution in [2.24, 2.45) is 0 Å². The summed E-state index contributed by atoms with van der Waals surface area (Å²) in [4.78, 5) is 85.9. The van der Waals surface area contributed by atoms with Crippen LogP contribution in [0, 0.1) is 0 Å². The molecule has 17 nitrogen and oxygen atoms in total. The number of hydrogen-bond donors (Lipinski definition) is 3. The van der Waals surface area contributed by atoms with Crippen LogP contribution < -0.4 is 25.5 Å². The van der Waals surface area contributed by atoms with Gasteiger partial charge in [0.25, 0.3) is 5.91 Å². The molecule has 0 fully saturated rings. The van der Waals surface area contributed by atoms with Crippen LogP contribution in [0.25, 0.3) is 11.1 Å². The Morgan fingerprint density at radius 1 is 0.477 bits per heavy atom. The minimum atomic E-state index is -1.64. The SMILES string of the molecule is CCC[C@H](NC(=O)OC(C)(C)C)C(=O)N(NC(=O)OCc1ccccc1)[C@@H](Cc1cc(-c2ccc(OCc3ccccc3)c(C[C@H](NC(=O)OCc3ccccc3)C(=O)OCC[Si](C)(C)C)c2)ccc1OCc1ccccc1)C(=O)OCc1ccccc1. The van der Waals surface area contributed by atoms with E-state index in [-0.39, 0.29) is 58.9 Å². The van der Waals surface area contributed by atoms with E-state index in [0.717, 1.165) is 21.7 Å². The zero-order chi connectivity index (χ0) is 62.9. The van der Waals surface area contributed by atoms with E-state index in [1.165, 1.54) is 0 Å². The Kier molecular flexibility index (Phi) is 24.7. The van der Waals surface area contributed by atoms with E-state index in [2.05, 4.69) is 35.7 Å². The second-order valence-corrected chi connectivity index (χ2v) is 28.9. The molecule has 0 radical (unpaired) electrons. The second-order valence-electron chi connectivity index (χ2n) is 23.3. The fraction of sp³-hybridized carbons (Fsp3) is 0.314. The fourth-order valence-electron chi connectivity index (χ4n) is 9.09. The molecular weight excluding hydrogens is 1130 g/mol. The molecular formula is C70H80N4O13Si. The van der Waals surface area contributed by atoms with Crippen LogP contribution in [0.4, 0.5) is 14.4 Å². The van der Waals surface area contributed by atoms with Gasteiger partial charge in [0.15, 0.2) is 6.04 Å². The number of alkyl carbamates (subject to hydrolysis) is 2. The minimum Gasteiger partial charge on any atom is -0.489 e. The smallest absolute Gasteiger partial charge is 0.426 e. The monoisotopic (exact) mass is 1210 g/mol. The van der Waals surface area contributed by atoms with Crippen LogP contribution in [0.1, 0.15) is 79.5 Å². The van der Waals surface area contributed by atoms with Gasteiger partial charge in [0, 0.05) is 20.9 Å². The minimum absolute atomic E-state index is 0.0351. The lowest BCUT2D eigenvalue weighted by molar-refractivity contribution is -0.159. The van der Waals surface area contributed by atoms with Crippen molar-refractivity contribution in [2.75, 3.05) is 6.61 Å². The topological polar surface area (TPSA) is 206 Å². The van der Waals surface area contributed by atoms with Crippen LogP contribution in [0.2, 0.25) is 25.7 Å². The van der Waals surface area contributed by atoms with Crippen molar-refractivity contribution in [1.29, 1.82) is 0 Å². The Morgan fingerprint density at radius 3 is 1.34 bits per heavy atom. The van der Waals surface area contributed by atoms with E-state index in [1.54, 1.807) is 81.4 Å². The molecule has 7 rings (SSSR count). The molecule has 3 atom stereocenters.